The van der Waals surface area contributed by atoms with Gasteiger partial charge in [0.1, 0.15) is 0 Å². The maximum Gasteiger partial charge on any atom is 0.336 e. The van der Waals surface area contributed by atoms with Crippen LogP contribution in [0.25, 0.3) is 10.8 Å². The lowest BCUT2D eigenvalue weighted by molar-refractivity contribution is 0.0693. The Morgan fingerprint density at radius 3 is 2.50 bits per heavy atom. The summed E-state index contributed by atoms with van der Waals surface area (Å²) in [6.07, 6.45) is 0. The molecule has 3 aromatic carbocycles. The largest absolute Gasteiger partial charge is 0.478 e. The second kappa shape index (κ2) is 8.40. The van der Waals surface area contributed by atoms with E-state index in [0.717, 1.165) is 5.39 Å². The SMILES string of the molecule is O=C(O)c1ccc2ccccc2c1C(=O)Nc1n[nH]c2c1CN(S(=O)(=O)Cc1ccccc1)C2. The van der Waals surface area contributed by atoms with E-state index < -0.39 is 21.9 Å². The summed E-state index contributed by atoms with van der Waals surface area (Å²) in [7, 11) is -3.60. The van der Waals surface area contributed by atoms with Crippen LogP contribution in [0.15, 0.2) is 66.7 Å². The van der Waals surface area contributed by atoms with Gasteiger partial charge in [-0.3, -0.25) is 9.89 Å². The Kier molecular flexibility index (Phi) is 5.39. The molecule has 0 fully saturated rings. The van der Waals surface area contributed by atoms with Crippen molar-refractivity contribution < 1.29 is 23.1 Å². The number of amides is 1. The molecular weight excluding hydrogens is 456 g/mol. The molecular formula is C24H20N4O5S. The summed E-state index contributed by atoms with van der Waals surface area (Å²) < 4.78 is 27.2. The lowest BCUT2D eigenvalue weighted by Gasteiger charge is -2.16. The molecule has 1 aromatic heterocycles. The highest BCUT2D eigenvalue weighted by atomic mass is 32.2. The zero-order chi connectivity index (χ0) is 23.9. The lowest BCUT2D eigenvalue weighted by Crippen LogP contribution is -2.27. The van der Waals surface area contributed by atoms with Gasteiger partial charge < -0.3 is 10.4 Å². The standard InChI is InChI=1S/C24H20N4O5S/c29-23(21-17-9-5-4-8-16(17)10-11-18(21)24(30)31)25-22-19-12-28(13-20(19)26-27-22)34(32,33)14-15-6-2-1-3-7-15/h1-11H,12-14H2,(H,30,31)(H2,25,26,27,29). The number of aromatic carboxylic acids is 1. The van der Waals surface area contributed by atoms with Crippen molar-refractivity contribution in [3.8, 4) is 0 Å². The van der Waals surface area contributed by atoms with Gasteiger partial charge in [-0.2, -0.15) is 9.40 Å². The summed E-state index contributed by atoms with van der Waals surface area (Å²) in [4.78, 5) is 25.0. The molecule has 3 N–H and O–H groups in total. The van der Waals surface area contributed by atoms with Crippen LogP contribution in [-0.4, -0.2) is 39.9 Å². The summed E-state index contributed by atoms with van der Waals surface area (Å²) in [5.74, 6) is -1.80. The average Bonchev–Trinajstić information content (AvgIpc) is 3.41. The van der Waals surface area contributed by atoms with Crippen molar-refractivity contribution in [1.29, 1.82) is 0 Å². The van der Waals surface area contributed by atoms with Crippen molar-refractivity contribution in [3.63, 3.8) is 0 Å². The number of hydrogen-bond acceptors (Lipinski definition) is 5. The van der Waals surface area contributed by atoms with Crippen LogP contribution in [0.5, 0.6) is 0 Å². The molecule has 0 saturated carbocycles. The van der Waals surface area contributed by atoms with Crippen LogP contribution in [0.1, 0.15) is 37.5 Å². The molecule has 4 aromatic rings. The van der Waals surface area contributed by atoms with Gasteiger partial charge in [0.2, 0.25) is 10.0 Å². The van der Waals surface area contributed by atoms with Crippen LogP contribution in [-0.2, 0) is 28.9 Å². The number of carbonyl (C=O) groups is 2. The molecule has 172 valence electrons. The van der Waals surface area contributed by atoms with Gasteiger partial charge in [0.25, 0.3) is 5.91 Å². The van der Waals surface area contributed by atoms with Crippen molar-refractivity contribution in [1.82, 2.24) is 14.5 Å². The van der Waals surface area contributed by atoms with Gasteiger partial charge in [0.15, 0.2) is 5.82 Å². The Bertz CT molecular complexity index is 1530. The van der Waals surface area contributed by atoms with Crippen LogP contribution in [0, 0.1) is 0 Å². The predicted molar refractivity (Wildman–Crippen MR) is 126 cm³/mol. The molecule has 34 heavy (non-hydrogen) atoms. The number of carbonyl (C=O) groups excluding carboxylic acids is 1. The van der Waals surface area contributed by atoms with Crippen molar-refractivity contribution in [2.45, 2.75) is 18.8 Å². The first-order valence-electron chi connectivity index (χ1n) is 10.5. The predicted octanol–water partition coefficient (Wildman–Crippen LogP) is 3.36. The highest BCUT2D eigenvalue weighted by Crippen LogP contribution is 2.31. The van der Waals surface area contributed by atoms with Crippen molar-refractivity contribution in [3.05, 3.63) is 94.7 Å². The summed E-state index contributed by atoms with van der Waals surface area (Å²) in [6, 6.07) is 19.0. The van der Waals surface area contributed by atoms with Gasteiger partial charge in [0.05, 0.1) is 29.1 Å². The van der Waals surface area contributed by atoms with Crippen molar-refractivity contribution >= 4 is 38.5 Å². The minimum absolute atomic E-state index is 0.0221. The fourth-order valence-electron chi connectivity index (χ4n) is 4.15. The Morgan fingerprint density at radius 2 is 1.74 bits per heavy atom. The molecule has 0 bridgehead atoms. The monoisotopic (exact) mass is 476 g/mol. The number of nitrogens with zero attached hydrogens (tertiary/aromatic N) is 2. The maximum atomic E-state index is 13.2. The highest BCUT2D eigenvalue weighted by molar-refractivity contribution is 7.88. The molecule has 2 heterocycles. The van der Waals surface area contributed by atoms with Crippen LogP contribution < -0.4 is 5.32 Å². The Hall–Kier alpha value is -4.02. The van der Waals surface area contributed by atoms with E-state index in [9.17, 15) is 23.1 Å². The molecule has 10 heteroatoms. The van der Waals surface area contributed by atoms with Gasteiger partial charge in [0, 0.05) is 12.1 Å². The van der Waals surface area contributed by atoms with Crippen molar-refractivity contribution in [2.24, 2.45) is 0 Å². The molecule has 1 amide bonds. The third kappa shape index (κ3) is 3.93. The van der Waals surface area contributed by atoms with Gasteiger partial charge in [-0.25, -0.2) is 13.2 Å². The molecule has 0 unspecified atom stereocenters. The number of fused-ring (bicyclic) bond motifs is 2. The quantitative estimate of drug-likeness (QED) is 0.391. The number of carboxylic acid groups (broad SMARTS) is 1. The summed E-state index contributed by atoms with van der Waals surface area (Å²) in [5.41, 5.74) is 1.72. The summed E-state index contributed by atoms with van der Waals surface area (Å²) >= 11 is 0. The van der Waals surface area contributed by atoms with Gasteiger partial charge in [-0.15, -0.1) is 0 Å². The zero-order valence-corrected chi connectivity index (χ0v) is 18.7. The normalized spacial score (nSPS) is 13.6. The van der Waals surface area contributed by atoms with E-state index >= 15 is 0 Å². The lowest BCUT2D eigenvalue weighted by atomic mass is 9.98. The molecule has 0 aliphatic carbocycles. The Labute approximate surface area is 195 Å². The Morgan fingerprint density at radius 1 is 1.00 bits per heavy atom. The number of nitrogens with one attached hydrogen (secondary N) is 2. The third-order valence-electron chi connectivity index (χ3n) is 5.83. The molecule has 0 spiro atoms. The van der Waals surface area contributed by atoms with E-state index in [-0.39, 0.29) is 35.8 Å². The number of anilines is 1. The van der Waals surface area contributed by atoms with Crippen LogP contribution >= 0.6 is 0 Å². The smallest absolute Gasteiger partial charge is 0.336 e. The number of carboxylic acids is 1. The second-order valence-electron chi connectivity index (χ2n) is 8.01. The van der Waals surface area contributed by atoms with Crippen LogP contribution in [0.3, 0.4) is 0 Å². The van der Waals surface area contributed by atoms with Crippen LogP contribution in [0.4, 0.5) is 5.82 Å². The number of sulfonamides is 1. The van der Waals surface area contributed by atoms with Gasteiger partial charge in [-0.05, 0) is 22.4 Å². The van der Waals surface area contributed by atoms with Gasteiger partial charge in [-0.1, -0.05) is 60.7 Å². The number of hydrogen-bond donors (Lipinski definition) is 3. The number of H-pyrrole nitrogens is 1. The van der Waals surface area contributed by atoms with Crippen LogP contribution in [0.2, 0.25) is 0 Å². The number of aromatic nitrogens is 2. The minimum atomic E-state index is -3.60. The molecule has 0 saturated heterocycles. The first kappa shape index (κ1) is 21.8. The van der Waals surface area contributed by atoms with E-state index in [2.05, 4.69) is 15.5 Å². The first-order chi connectivity index (χ1) is 16.3. The fourth-order valence-corrected chi connectivity index (χ4v) is 5.60. The summed E-state index contributed by atoms with van der Waals surface area (Å²) in [6.45, 7) is 0.167. The zero-order valence-electron chi connectivity index (χ0n) is 17.9. The average molecular weight is 477 g/mol. The number of benzene rings is 3. The Balaban J connectivity index is 1.41. The maximum absolute atomic E-state index is 13.2. The van der Waals surface area contributed by atoms with E-state index in [1.807, 2.05) is 6.07 Å². The van der Waals surface area contributed by atoms with Gasteiger partial charge >= 0.3 is 5.97 Å². The third-order valence-corrected chi connectivity index (χ3v) is 7.57. The summed E-state index contributed by atoms with van der Waals surface area (Å²) in [5, 5.41) is 20.5. The number of aromatic amines is 1. The van der Waals surface area contributed by atoms with E-state index in [1.165, 1.54) is 10.4 Å². The second-order valence-corrected chi connectivity index (χ2v) is 9.98. The molecule has 0 radical (unpaired) electrons. The fraction of sp³-hybridized carbons (Fsp3) is 0.125. The number of rotatable bonds is 6. The van der Waals surface area contributed by atoms with E-state index in [0.29, 0.717) is 22.2 Å². The highest BCUT2D eigenvalue weighted by Gasteiger charge is 2.33. The first-order valence-corrected chi connectivity index (χ1v) is 12.1. The van der Waals surface area contributed by atoms with E-state index in [1.54, 1.807) is 54.6 Å². The molecule has 1 aliphatic heterocycles. The molecule has 0 atom stereocenters. The topological polar surface area (TPSA) is 132 Å². The molecule has 5 rings (SSSR count). The minimum Gasteiger partial charge on any atom is -0.478 e. The van der Waals surface area contributed by atoms with E-state index in [4.69, 9.17) is 0 Å². The molecule has 9 nitrogen and oxygen atoms in total. The molecule has 1 aliphatic rings. The van der Waals surface area contributed by atoms with Crippen molar-refractivity contribution in [2.75, 3.05) is 5.32 Å².